The summed E-state index contributed by atoms with van der Waals surface area (Å²) in [5.41, 5.74) is 2.77. The number of anilines is 1. The van der Waals surface area contributed by atoms with E-state index in [0.29, 0.717) is 13.1 Å². The lowest BCUT2D eigenvalue weighted by atomic mass is 9.87. The molecule has 1 fully saturated rings. The van der Waals surface area contributed by atoms with Crippen LogP contribution in [0.1, 0.15) is 24.5 Å². The van der Waals surface area contributed by atoms with Crippen LogP contribution in [-0.2, 0) is 0 Å². The minimum Gasteiger partial charge on any atom is -0.388 e. The van der Waals surface area contributed by atoms with Gasteiger partial charge < -0.3 is 15.3 Å². The molecule has 0 bridgehead atoms. The van der Waals surface area contributed by atoms with Crippen LogP contribution in [0.15, 0.2) is 66.2 Å². The maximum atomic E-state index is 12.6. The normalized spacial score (nSPS) is 16.0. The van der Waals surface area contributed by atoms with Gasteiger partial charge in [-0.25, -0.2) is 9.78 Å². The molecule has 2 N–H and O–H groups in total. The van der Waals surface area contributed by atoms with Crippen LogP contribution in [0.3, 0.4) is 0 Å². The molecule has 2 aromatic carbocycles. The van der Waals surface area contributed by atoms with Crippen LogP contribution < -0.4 is 5.32 Å². The van der Waals surface area contributed by atoms with E-state index in [9.17, 15) is 9.90 Å². The number of urea groups is 1. The Morgan fingerprint density at radius 3 is 2.46 bits per heavy atom. The quantitative estimate of drug-likeness (QED) is 0.670. The Bertz CT molecular complexity index is 889. The van der Waals surface area contributed by atoms with Gasteiger partial charge in [0, 0.05) is 35.9 Å². The molecular formula is C22H23N3O2S. The number of aliphatic hydroxyl groups is 1. The van der Waals surface area contributed by atoms with E-state index in [-0.39, 0.29) is 11.9 Å². The second-order valence-electron chi connectivity index (χ2n) is 7.02. The van der Waals surface area contributed by atoms with E-state index in [1.165, 1.54) is 0 Å². The zero-order chi connectivity index (χ0) is 19.3. The first kappa shape index (κ1) is 18.7. The van der Waals surface area contributed by atoms with Crippen molar-refractivity contribution in [1.82, 2.24) is 9.88 Å². The number of piperidine rings is 1. The summed E-state index contributed by atoms with van der Waals surface area (Å²) < 4.78 is 0. The van der Waals surface area contributed by atoms with Gasteiger partial charge in [-0.1, -0.05) is 30.3 Å². The van der Waals surface area contributed by atoms with Crippen molar-refractivity contribution >= 4 is 23.1 Å². The minimum atomic E-state index is -0.468. The maximum Gasteiger partial charge on any atom is 0.321 e. The van der Waals surface area contributed by atoms with Gasteiger partial charge in [-0.3, -0.25) is 0 Å². The number of likely N-dealkylation sites (tertiary alicyclic amines) is 1. The average molecular weight is 394 g/mol. The highest BCUT2D eigenvalue weighted by Crippen LogP contribution is 2.31. The maximum absolute atomic E-state index is 12.6. The summed E-state index contributed by atoms with van der Waals surface area (Å²) in [5.74, 6) is 0.184. The van der Waals surface area contributed by atoms with Crippen LogP contribution in [0.25, 0.3) is 10.6 Å². The zero-order valence-corrected chi connectivity index (χ0v) is 16.3. The first-order chi connectivity index (χ1) is 13.7. The molecule has 2 amide bonds. The molecule has 144 valence electrons. The Kier molecular flexibility index (Phi) is 5.69. The van der Waals surface area contributed by atoms with Gasteiger partial charge in [-0.2, -0.15) is 0 Å². The summed E-state index contributed by atoms with van der Waals surface area (Å²) in [6.45, 7) is 1.30. The van der Waals surface area contributed by atoms with Crippen molar-refractivity contribution < 1.29 is 9.90 Å². The highest BCUT2D eigenvalue weighted by molar-refractivity contribution is 7.13. The molecule has 1 aromatic heterocycles. The number of rotatable bonds is 4. The van der Waals surface area contributed by atoms with Crippen LogP contribution in [-0.4, -0.2) is 34.1 Å². The van der Waals surface area contributed by atoms with Gasteiger partial charge >= 0.3 is 6.03 Å². The van der Waals surface area contributed by atoms with Gasteiger partial charge in [-0.15, -0.1) is 11.3 Å². The molecule has 1 aliphatic heterocycles. The highest BCUT2D eigenvalue weighted by atomic mass is 32.1. The molecular weight excluding hydrogens is 370 g/mol. The van der Waals surface area contributed by atoms with Gasteiger partial charge in [-0.05, 0) is 48.6 Å². The molecule has 1 saturated heterocycles. The van der Waals surface area contributed by atoms with E-state index in [1.807, 2.05) is 64.9 Å². The fourth-order valence-electron chi connectivity index (χ4n) is 3.61. The third kappa shape index (κ3) is 4.24. The van der Waals surface area contributed by atoms with Crippen molar-refractivity contribution in [2.24, 2.45) is 5.92 Å². The first-order valence-corrected chi connectivity index (χ1v) is 10.4. The number of nitrogens with one attached hydrogen (secondary N) is 1. The summed E-state index contributed by atoms with van der Waals surface area (Å²) in [5, 5.41) is 16.5. The molecule has 0 spiro atoms. The summed E-state index contributed by atoms with van der Waals surface area (Å²) >= 11 is 1.59. The Balaban J connectivity index is 1.30. The summed E-state index contributed by atoms with van der Waals surface area (Å²) in [6.07, 6.45) is 2.91. The van der Waals surface area contributed by atoms with E-state index in [1.54, 1.807) is 17.5 Å². The van der Waals surface area contributed by atoms with Crippen molar-refractivity contribution in [3.05, 3.63) is 71.7 Å². The second kappa shape index (κ2) is 8.54. The zero-order valence-electron chi connectivity index (χ0n) is 15.5. The van der Waals surface area contributed by atoms with Crippen LogP contribution in [0.5, 0.6) is 0 Å². The van der Waals surface area contributed by atoms with E-state index in [2.05, 4.69) is 10.3 Å². The third-order valence-electron chi connectivity index (χ3n) is 5.23. The minimum absolute atomic E-state index is 0.0883. The number of aromatic nitrogens is 1. The number of carbonyl (C=O) groups excluding carboxylic acids is 1. The third-order valence-corrected chi connectivity index (χ3v) is 6.05. The smallest absolute Gasteiger partial charge is 0.321 e. The molecule has 0 aliphatic carbocycles. The Labute approximate surface area is 168 Å². The number of amides is 2. The van der Waals surface area contributed by atoms with Crippen LogP contribution in [0.2, 0.25) is 0 Å². The van der Waals surface area contributed by atoms with Crippen molar-refractivity contribution in [2.45, 2.75) is 18.9 Å². The standard InChI is InChI=1S/C22H23N3O2S/c26-20(16-4-2-1-3-5-16)17-10-13-25(14-11-17)22(27)24-19-8-6-18(7-9-19)21-23-12-15-28-21/h1-9,12,15,17,20,26H,10-11,13-14H2,(H,24,27)/t20-/m1/s1. The van der Waals surface area contributed by atoms with E-state index in [4.69, 9.17) is 0 Å². The van der Waals surface area contributed by atoms with Crippen LogP contribution in [0.4, 0.5) is 10.5 Å². The Morgan fingerprint density at radius 2 is 1.82 bits per heavy atom. The average Bonchev–Trinajstić information content (AvgIpc) is 3.29. The number of hydrogen-bond donors (Lipinski definition) is 2. The van der Waals surface area contributed by atoms with Crippen molar-refractivity contribution in [2.75, 3.05) is 18.4 Å². The molecule has 0 radical (unpaired) electrons. The predicted octanol–water partition coefficient (Wildman–Crippen LogP) is 4.79. The first-order valence-electron chi connectivity index (χ1n) is 9.49. The van der Waals surface area contributed by atoms with Gasteiger partial charge in [0.2, 0.25) is 0 Å². The molecule has 0 saturated carbocycles. The number of nitrogens with zero attached hydrogens (tertiary/aromatic N) is 2. The Morgan fingerprint density at radius 1 is 1.11 bits per heavy atom. The van der Waals surface area contributed by atoms with Gasteiger partial charge in [0.25, 0.3) is 0 Å². The molecule has 1 atom stereocenters. The van der Waals surface area contributed by atoms with E-state index < -0.39 is 6.10 Å². The van der Waals surface area contributed by atoms with Gasteiger partial charge in [0.05, 0.1) is 6.10 Å². The number of carbonyl (C=O) groups is 1. The molecule has 28 heavy (non-hydrogen) atoms. The van der Waals surface area contributed by atoms with E-state index >= 15 is 0 Å². The van der Waals surface area contributed by atoms with Crippen molar-refractivity contribution in [3.63, 3.8) is 0 Å². The lowest BCUT2D eigenvalue weighted by molar-refractivity contribution is 0.0683. The monoisotopic (exact) mass is 393 g/mol. The topological polar surface area (TPSA) is 65.5 Å². The van der Waals surface area contributed by atoms with Crippen LogP contribution >= 0.6 is 11.3 Å². The molecule has 0 unspecified atom stereocenters. The van der Waals surface area contributed by atoms with Crippen LogP contribution in [0, 0.1) is 5.92 Å². The number of hydrogen-bond acceptors (Lipinski definition) is 4. The number of thiazole rings is 1. The molecule has 1 aliphatic rings. The highest BCUT2D eigenvalue weighted by Gasteiger charge is 2.28. The fraction of sp³-hybridized carbons (Fsp3) is 0.273. The van der Waals surface area contributed by atoms with Gasteiger partial charge in [0.15, 0.2) is 0 Å². The van der Waals surface area contributed by atoms with Gasteiger partial charge in [0.1, 0.15) is 5.01 Å². The lowest BCUT2D eigenvalue weighted by Gasteiger charge is -2.34. The summed E-state index contributed by atoms with van der Waals surface area (Å²) in [4.78, 5) is 18.7. The largest absolute Gasteiger partial charge is 0.388 e. The van der Waals surface area contributed by atoms with Crippen molar-refractivity contribution in [1.29, 1.82) is 0 Å². The molecule has 6 heteroatoms. The molecule has 5 nitrogen and oxygen atoms in total. The summed E-state index contributed by atoms with van der Waals surface area (Å²) in [6, 6.07) is 17.4. The number of benzene rings is 2. The predicted molar refractivity (Wildman–Crippen MR) is 112 cm³/mol. The SMILES string of the molecule is O=C(Nc1ccc(-c2nccs2)cc1)N1CCC([C@H](O)c2ccccc2)CC1. The Hall–Kier alpha value is -2.70. The molecule has 4 rings (SSSR count). The van der Waals surface area contributed by atoms with Crippen molar-refractivity contribution in [3.8, 4) is 10.6 Å². The lowest BCUT2D eigenvalue weighted by Crippen LogP contribution is -2.42. The molecule has 2 heterocycles. The second-order valence-corrected chi connectivity index (χ2v) is 7.92. The molecule has 3 aromatic rings. The fourth-order valence-corrected chi connectivity index (χ4v) is 4.25. The summed E-state index contributed by atoms with van der Waals surface area (Å²) in [7, 11) is 0. The number of aliphatic hydroxyl groups excluding tert-OH is 1. The van der Waals surface area contributed by atoms with E-state index in [0.717, 1.165) is 34.7 Å².